The Balaban J connectivity index is 2.09. The molecular weight excluding hydrogens is 312 g/mol. The summed E-state index contributed by atoms with van der Waals surface area (Å²) >= 11 is 0. The summed E-state index contributed by atoms with van der Waals surface area (Å²) in [6, 6.07) is 10.1. The average Bonchev–Trinajstić information content (AvgIpc) is 2.65. The number of allylic oxidation sites excluding steroid dienone is 1. The van der Waals surface area contributed by atoms with Gasteiger partial charge in [0.05, 0.1) is 7.11 Å². The SMILES string of the molecule is COc1ccc2cc(C(=O)/C=C/N(C)C)cc(N3CCCCC3)c2c1. The predicted molar refractivity (Wildman–Crippen MR) is 104 cm³/mol. The van der Waals surface area contributed by atoms with Crippen LogP contribution in [-0.2, 0) is 0 Å². The van der Waals surface area contributed by atoms with Crippen molar-refractivity contribution in [2.75, 3.05) is 39.2 Å². The van der Waals surface area contributed by atoms with Crippen molar-refractivity contribution in [3.05, 3.63) is 48.2 Å². The minimum absolute atomic E-state index is 0.0321. The number of benzene rings is 2. The number of piperidine rings is 1. The first-order valence-corrected chi connectivity index (χ1v) is 8.84. The van der Waals surface area contributed by atoms with E-state index in [9.17, 15) is 4.79 Å². The summed E-state index contributed by atoms with van der Waals surface area (Å²) < 4.78 is 5.41. The number of hydrogen-bond acceptors (Lipinski definition) is 4. The number of hydrogen-bond donors (Lipinski definition) is 0. The largest absolute Gasteiger partial charge is 0.497 e. The van der Waals surface area contributed by atoms with Gasteiger partial charge in [-0.05, 0) is 48.9 Å². The van der Waals surface area contributed by atoms with Crippen molar-refractivity contribution in [2.45, 2.75) is 19.3 Å². The van der Waals surface area contributed by atoms with Crippen molar-refractivity contribution in [2.24, 2.45) is 0 Å². The maximum Gasteiger partial charge on any atom is 0.187 e. The van der Waals surface area contributed by atoms with Gasteiger partial charge in [0.2, 0.25) is 0 Å². The summed E-state index contributed by atoms with van der Waals surface area (Å²) in [4.78, 5) is 16.9. The zero-order chi connectivity index (χ0) is 17.8. The van der Waals surface area contributed by atoms with E-state index in [-0.39, 0.29) is 5.78 Å². The highest BCUT2D eigenvalue weighted by Crippen LogP contribution is 2.33. The number of carbonyl (C=O) groups excluding carboxylic acids is 1. The number of carbonyl (C=O) groups is 1. The highest BCUT2D eigenvalue weighted by molar-refractivity contribution is 6.09. The molecule has 1 fully saturated rings. The van der Waals surface area contributed by atoms with E-state index in [0.717, 1.165) is 40.9 Å². The lowest BCUT2D eigenvalue weighted by Crippen LogP contribution is -2.29. The summed E-state index contributed by atoms with van der Waals surface area (Å²) in [5.41, 5.74) is 1.87. The number of ketones is 1. The van der Waals surface area contributed by atoms with Crippen LogP contribution in [0.3, 0.4) is 0 Å². The van der Waals surface area contributed by atoms with Gasteiger partial charge in [0.25, 0.3) is 0 Å². The minimum Gasteiger partial charge on any atom is -0.497 e. The third-order valence-electron chi connectivity index (χ3n) is 4.64. The molecule has 1 heterocycles. The second kappa shape index (κ2) is 7.60. The number of fused-ring (bicyclic) bond motifs is 1. The maximum absolute atomic E-state index is 12.6. The molecule has 0 aliphatic carbocycles. The van der Waals surface area contributed by atoms with Gasteiger partial charge in [0.1, 0.15) is 5.75 Å². The fraction of sp³-hybridized carbons (Fsp3) is 0.381. The van der Waals surface area contributed by atoms with Gasteiger partial charge in [-0.3, -0.25) is 4.79 Å². The Morgan fingerprint density at radius 3 is 2.56 bits per heavy atom. The van der Waals surface area contributed by atoms with Crippen molar-refractivity contribution in [3.63, 3.8) is 0 Å². The van der Waals surface area contributed by atoms with Crippen LogP contribution in [0.15, 0.2) is 42.6 Å². The number of ether oxygens (including phenoxy) is 1. The molecule has 2 aromatic rings. The highest BCUT2D eigenvalue weighted by Gasteiger charge is 2.17. The van der Waals surface area contributed by atoms with Crippen LogP contribution >= 0.6 is 0 Å². The van der Waals surface area contributed by atoms with Gasteiger partial charge in [-0.2, -0.15) is 0 Å². The van der Waals surface area contributed by atoms with E-state index >= 15 is 0 Å². The van der Waals surface area contributed by atoms with Crippen LogP contribution < -0.4 is 9.64 Å². The van der Waals surface area contributed by atoms with E-state index in [2.05, 4.69) is 11.0 Å². The van der Waals surface area contributed by atoms with Crippen LogP contribution in [0.1, 0.15) is 29.6 Å². The Kier molecular flexibility index (Phi) is 5.27. The Hall–Kier alpha value is -2.49. The molecule has 0 unspecified atom stereocenters. The molecule has 0 aromatic heterocycles. The van der Waals surface area contributed by atoms with Crippen LogP contribution in [0.2, 0.25) is 0 Å². The topological polar surface area (TPSA) is 32.8 Å². The maximum atomic E-state index is 12.6. The van der Waals surface area contributed by atoms with E-state index in [1.165, 1.54) is 19.3 Å². The van der Waals surface area contributed by atoms with E-state index < -0.39 is 0 Å². The summed E-state index contributed by atoms with van der Waals surface area (Å²) in [5, 5.41) is 2.22. The van der Waals surface area contributed by atoms with Crippen LogP contribution in [-0.4, -0.2) is 45.0 Å². The first-order valence-electron chi connectivity index (χ1n) is 8.84. The van der Waals surface area contributed by atoms with Gasteiger partial charge in [0.15, 0.2) is 5.78 Å². The van der Waals surface area contributed by atoms with Crippen molar-refractivity contribution in [1.82, 2.24) is 4.90 Å². The number of anilines is 1. The molecule has 2 aromatic carbocycles. The van der Waals surface area contributed by atoms with Gasteiger partial charge >= 0.3 is 0 Å². The normalized spacial score (nSPS) is 14.9. The molecule has 0 saturated carbocycles. The van der Waals surface area contributed by atoms with Crippen molar-refractivity contribution in [3.8, 4) is 5.75 Å². The number of nitrogens with zero attached hydrogens (tertiary/aromatic N) is 2. The van der Waals surface area contributed by atoms with E-state index in [0.29, 0.717) is 0 Å². The fourth-order valence-corrected chi connectivity index (χ4v) is 3.30. The molecule has 1 saturated heterocycles. The van der Waals surface area contributed by atoms with Crippen LogP contribution in [0, 0.1) is 0 Å². The molecule has 1 aliphatic heterocycles. The summed E-state index contributed by atoms with van der Waals surface area (Å²) in [6.45, 7) is 2.08. The molecule has 0 amide bonds. The Morgan fingerprint density at radius 2 is 1.88 bits per heavy atom. The number of rotatable bonds is 5. The predicted octanol–water partition coefficient (Wildman–Crippen LogP) is 4.10. The summed E-state index contributed by atoms with van der Waals surface area (Å²) in [5.74, 6) is 0.877. The zero-order valence-electron chi connectivity index (χ0n) is 15.3. The van der Waals surface area contributed by atoms with Crippen LogP contribution in [0.4, 0.5) is 5.69 Å². The fourth-order valence-electron chi connectivity index (χ4n) is 3.30. The molecule has 0 N–H and O–H groups in total. The standard InChI is InChI=1S/C21H26N2O2/c1-22(2)12-9-21(24)17-13-16-7-8-18(25-3)15-19(16)20(14-17)23-10-5-4-6-11-23/h7-9,12-15H,4-6,10-11H2,1-3H3/b12-9+. The molecule has 0 spiro atoms. The Morgan fingerprint density at radius 1 is 1.12 bits per heavy atom. The van der Waals surface area contributed by atoms with Gasteiger partial charge in [-0.25, -0.2) is 0 Å². The van der Waals surface area contributed by atoms with Gasteiger partial charge in [-0.15, -0.1) is 0 Å². The number of methoxy groups -OCH3 is 1. The molecule has 0 atom stereocenters. The molecule has 132 valence electrons. The molecule has 0 radical (unpaired) electrons. The second-order valence-corrected chi connectivity index (χ2v) is 6.77. The summed E-state index contributed by atoms with van der Waals surface area (Å²) in [7, 11) is 5.51. The average molecular weight is 338 g/mol. The highest BCUT2D eigenvalue weighted by atomic mass is 16.5. The van der Waals surface area contributed by atoms with E-state index in [1.807, 2.05) is 43.3 Å². The third-order valence-corrected chi connectivity index (χ3v) is 4.64. The van der Waals surface area contributed by atoms with E-state index in [4.69, 9.17) is 4.74 Å². The third kappa shape index (κ3) is 3.95. The Bertz CT molecular complexity index is 790. The lowest BCUT2D eigenvalue weighted by atomic mass is 9.99. The minimum atomic E-state index is 0.0321. The monoisotopic (exact) mass is 338 g/mol. The summed E-state index contributed by atoms with van der Waals surface area (Å²) in [6.07, 6.45) is 7.10. The lowest BCUT2D eigenvalue weighted by Gasteiger charge is -2.30. The van der Waals surface area contributed by atoms with Crippen LogP contribution in [0.5, 0.6) is 5.75 Å². The second-order valence-electron chi connectivity index (χ2n) is 6.77. The smallest absolute Gasteiger partial charge is 0.187 e. The zero-order valence-corrected chi connectivity index (χ0v) is 15.3. The molecule has 3 rings (SSSR count). The molecule has 1 aliphatic rings. The molecule has 0 bridgehead atoms. The van der Waals surface area contributed by atoms with Gasteiger partial charge in [-0.1, -0.05) is 6.07 Å². The van der Waals surface area contributed by atoms with Gasteiger partial charge in [0, 0.05) is 56.1 Å². The van der Waals surface area contributed by atoms with Crippen molar-refractivity contribution < 1.29 is 9.53 Å². The van der Waals surface area contributed by atoms with Crippen molar-refractivity contribution >= 4 is 22.2 Å². The first-order chi connectivity index (χ1) is 12.1. The lowest BCUT2D eigenvalue weighted by molar-refractivity contribution is 0.104. The molecule has 25 heavy (non-hydrogen) atoms. The quantitative estimate of drug-likeness (QED) is 0.607. The Labute approximate surface area is 149 Å². The molecule has 4 heteroatoms. The van der Waals surface area contributed by atoms with Crippen molar-refractivity contribution in [1.29, 1.82) is 0 Å². The van der Waals surface area contributed by atoms with Crippen LogP contribution in [0.25, 0.3) is 10.8 Å². The molecular formula is C21H26N2O2. The van der Waals surface area contributed by atoms with Gasteiger partial charge < -0.3 is 14.5 Å². The molecule has 4 nitrogen and oxygen atoms in total. The van der Waals surface area contributed by atoms with E-state index in [1.54, 1.807) is 19.4 Å². The first kappa shape index (κ1) is 17.3.